The molecule has 4 aromatic rings. The molecule has 2 aromatic carbocycles. The Hall–Kier alpha value is -4.35. The van der Waals surface area contributed by atoms with E-state index in [1.807, 2.05) is 56.4 Å². The summed E-state index contributed by atoms with van der Waals surface area (Å²) in [5.41, 5.74) is 15.0. The van der Waals surface area contributed by atoms with Gasteiger partial charge in [0.25, 0.3) is 0 Å². The summed E-state index contributed by atoms with van der Waals surface area (Å²) >= 11 is 0. The lowest BCUT2D eigenvalue weighted by Gasteiger charge is -2.13. The maximum Gasteiger partial charge on any atom is 0.227 e. The van der Waals surface area contributed by atoms with Gasteiger partial charge in [-0.2, -0.15) is 15.5 Å². The van der Waals surface area contributed by atoms with Crippen LogP contribution in [-0.2, 0) is 11.8 Å². The molecule has 0 spiro atoms. The van der Waals surface area contributed by atoms with E-state index in [1.165, 1.54) is 0 Å². The number of hydrogen-bond donors (Lipinski definition) is 2. The molecule has 0 aliphatic heterocycles. The fraction of sp³-hybridized carbons (Fsp3) is 0.125. The van der Waals surface area contributed by atoms with Crippen molar-refractivity contribution in [2.75, 3.05) is 6.54 Å². The number of carbonyl (C=O) groups excluding carboxylic acids is 1. The highest BCUT2D eigenvalue weighted by atomic mass is 16.1. The zero-order valence-electron chi connectivity index (χ0n) is 17.7. The Morgan fingerprint density at radius 3 is 2.88 bits per heavy atom. The minimum absolute atomic E-state index is 0.167. The summed E-state index contributed by atoms with van der Waals surface area (Å²) in [4.78, 5) is 15.1. The molecule has 8 nitrogen and oxygen atoms in total. The molecule has 32 heavy (non-hydrogen) atoms. The standard InChI is InChI=1S/C24H21N7O/c1-15-5-6-17(10-19(15)22(12-26)30-28-14-32)21-13-29-31(2)24(21)18-8-7-16-4-3-9-27-23(16)20(18)11-25/h3-10,13-14H,12,26H2,1-2H3,(H,28,32)/b30-22-. The Morgan fingerprint density at radius 1 is 1.28 bits per heavy atom. The van der Waals surface area contributed by atoms with E-state index in [4.69, 9.17) is 5.73 Å². The van der Waals surface area contributed by atoms with Crippen LogP contribution in [0.3, 0.4) is 0 Å². The molecule has 1 amide bonds. The Bertz CT molecular complexity index is 1400. The minimum atomic E-state index is 0.167. The van der Waals surface area contributed by atoms with Gasteiger partial charge in [0.15, 0.2) is 0 Å². The molecule has 8 heteroatoms. The van der Waals surface area contributed by atoms with Gasteiger partial charge >= 0.3 is 0 Å². The third kappa shape index (κ3) is 3.62. The molecule has 4 rings (SSSR count). The van der Waals surface area contributed by atoms with Crippen LogP contribution in [0.1, 0.15) is 16.7 Å². The predicted octanol–water partition coefficient (Wildman–Crippen LogP) is 2.89. The highest BCUT2D eigenvalue weighted by molar-refractivity contribution is 6.04. The Labute approximate surface area is 185 Å². The van der Waals surface area contributed by atoms with E-state index in [1.54, 1.807) is 17.1 Å². The van der Waals surface area contributed by atoms with Crippen molar-refractivity contribution in [3.05, 3.63) is 71.5 Å². The maximum absolute atomic E-state index is 10.7. The molecule has 0 aliphatic rings. The third-order valence-corrected chi connectivity index (χ3v) is 5.39. The third-order valence-electron chi connectivity index (χ3n) is 5.39. The normalized spacial score (nSPS) is 11.4. The van der Waals surface area contributed by atoms with Crippen LogP contribution in [0.5, 0.6) is 0 Å². The lowest BCUT2D eigenvalue weighted by Crippen LogP contribution is -2.20. The number of amides is 1. The zero-order valence-corrected chi connectivity index (χ0v) is 17.7. The number of aryl methyl sites for hydroxylation is 2. The molecule has 0 bridgehead atoms. The van der Waals surface area contributed by atoms with Crippen LogP contribution >= 0.6 is 0 Å². The molecule has 0 fully saturated rings. The first-order valence-corrected chi connectivity index (χ1v) is 9.96. The molecular formula is C24H21N7O. The van der Waals surface area contributed by atoms with Crippen LogP contribution in [0.4, 0.5) is 0 Å². The first kappa shape index (κ1) is 20.9. The number of aromatic nitrogens is 3. The number of fused-ring (bicyclic) bond motifs is 1. The average molecular weight is 423 g/mol. The molecule has 158 valence electrons. The Kier molecular flexibility index (Phi) is 5.75. The summed E-state index contributed by atoms with van der Waals surface area (Å²) in [7, 11) is 1.85. The summed E-state index contributed by atoms with van der Waals surface area (Å²) in [5.74, 6) is 0. The molecule has 3 N–H and O–H groups in total. The molecule has 0 saturated heterocycles. The van der Waals surface area contributed by atoms with Gasteiger partial charge in [0.1, 0.15) is 6.07 Å². The Morgan fingerprint density at radius 2 is 2.12 bits per heavy atom. The van der Waals surface area contributed by atoms with E-state index in [0.29, 0.717) is 23.2 Å². The smallest absolute Gasteiger partial charge is 0.227 e. The van der Waals surface area contributed by atoms with Gasteiger partial charge in [0.2, 0.25) is 6.41 Å². The summed E-state index contributed by atoms with van der Waals surface area (Å²) in [6.45, 7) is 2.12. The molecule has 2 heterocycles. The molecule has 0 saturated carbocycles. The second-order valence-corrected chi connectivity index (χ2v) is 7.24. The first-order chi connectivity index (χ1) is 15.6. The highest BCUT2D eigenvalue weighted by Gasteiger charge is 2.19. The maximum atomic E-state index is 10.7. The van der Waals surface area contributed by atoms with Crippen LogP contribution in [0, 0.1) is 18.3 Å². The van der Waals surface area contributed by atoms with Gasteiger partial charge in [-0.15, -0.1) is 0 Å². The predicted molar refractivity (Wildman–Crippen MR) is 124 cm³/mol. The van der Waals surface area contributed by atoms with E-state index >= 15 is 0 Å². The number of hydrogen-bond acceptors (Lipinski definition) is 6. The van der Waals surface area contributed by atoms with Gasteiger partial charge in [0, 0.05) is 41.9 Å². The molecule has 0 atom stereocenters. The fourth-order valence-electron chi connectivity index (χ4n) is 3.84. The first-order valence-electron chi connectivity index (χ1n) is 9.96. The van der Waals surface area contributed by atoms with E-state index in [0.717, 1.165) is 38.9 Å². The van der Waals surface area contributed by atoms with Gasteiger partial charge in [-0.3, -0.25) is 14.5 Å². The van der Waals surface area contributed by atoms with Crippen LogP contribution in [-0.4, -0.2) is 33.4 Å². The zero-order chi connectivity index (χ0) is 22.7. The minimum Gasteiger partial charge on any atom is -0.325 e. The van der Waals surface area contributed by atoms with Crippen molar-refractivity contribution in [1.82, 2.24) is 20.2 Å². The summed E-state index contributed by atoms with van der Waals surface area (Å²) in [6, 6.07) is 15.9. The van der Waals surface area contributed by atoms with Crippen molar-refractivity contribution in [2.45, 2.75) is 6.92 Å². The summed E-state index contributed by atoms with van der Waals surface area (Å²) in [5, 5.41) is 19.4. The van der Waals surface area contributed by atoms with Crippen LogP contribution in [0.15, 0.2) is 60.0 Å². The molecule has 0 aliphatic carbocycles. The van der Waals surface area contributed by atoms with Gasteiger partial charge in [-0.05, 0) is 30.2 Å². The van der Waals surface area contributed by atoms with Crippen molar-refractivity contribution in [3.8, 4) is 28.5 Å². The molecule has 0 radical (unpaired) electrons. The second kappa shape index (κ2) is 8.79. The van der Waals surface area contributed by atoms with Gasteiger partial charge in [0.05, 0.1) is 28.7 Å². The van der Waals surface area contributed by atoms with Crippen LogP contribution in [0.2, 0.25) is 0 Å². The largest absolute Gasteiger partial charge is 0.325 e. The number of nitrogens with one attached hydrogen (secondary N) is 1. The van der Waals surface area contributed by atoms with E-state index < -0.39 is 0 Å². The monoisotopic (exact) mass is 423 g/mol. The van der Waals surface area contributed by atoms with E-state index in [-0.39, 0.29) is 6.54 Å². The van der Waals surface area contributed by atoms with Crippen molar-refractivity contribution < 1.29 is 4.79 Å². The molecular weight excluding hydrogens is 402 g/mol. The number of nitrogens with zero attached hydrogens (tertiary/aromatic N) is 5. The molecule has 2 aromatic heterocycles. The number of hydrazone groups is 1. The summed E-state index contributed by atoms with van der Waals surface area (Å²) in [6.07, 6.45) is 3.96. The van der Waals surface area contributed by atoms with Gasteiger partial charge in [-0.1, -0.05) is 30.3 Å². The highest BCUT2D eigenvalue weighted by Crippen LogP contribution is 2.36. The van der Waals surface area contributed by atoms with Gasteiger partial charge in [-0.25, -0.2) is 5.43 Å². The number of nitriles is 1. The SMILES string of the molecule is Cc1ccc(-c2cnn(C)c2-c2ccc3cccnc3c2C#N)cc1/C(CN)=N\NC=O. The van der Waals surface area contributed by atoms with Crippen molar-refractivity contribution in [1.29, 1.82) is 5.26 Å². The van der Waals surface area contributed by atoms with Gasteiger partial charge < -0.3 is 5.73 Å². The number of benzene rings is 2. The van der Waals surface area contributed by atoms with Crippen molar-refractivity contribution >= 4 is 23.0 Å². The number of rotatable bonds is 6. The molecule has 0 unspecified atom stereocenters. The summed E-state index contributed by atoms with van der Waals surface area (Å²) < 4.78 is 1.76. The lowest BCUT2D eigenvalue weighted by atomic mass is 9.93. The van der Waals surface area contributed by atoms with E-state index in [2.05, 4.69) is 26.7 Å². The average Bonchev–Trinajstić information content (AvgIpc) is 3.20. The number of pyridine rings is 1. The van der Waals surface area contributed by atoms with Crippen molar-refractivity contribution in [3.63, 3.8) is 0 Å². The quantitative estimate of drug-likeness (QED) is 0.280. The fourth-order valence-corrected chi connectivity index (χ4v) is 3.84. The number of carbonyl (C=O) groups is 1. The topological polar surface area (TPSA) is 122 Å². The number of nitrogens with two attached hydrogens (primary N) is 1. The Balaban J connectivity index is 1.92. The lowest BCUT2D eigenvalue weighted by molar-refractivity contribution is -0.109. The van der Waals surface area contributed by atoms with Crippen LogP contribution in [0.25, 0.3) is 33.3 Å². The van der Waals surface area contributed by atoms with Crippen molar-refractivity contribution in [2.24, 2.45) is 17.9 Å². The second-order valence-electron chi connectivity index (χ2n) is 7.24. The van der Waals surface area contributed by atoms with E-state index in [9.17, 15) is 10.1 Å². The van der Waals surface area contributed by atoms with Crippen LogP contribution < -0.4 is 11.2 Å².